The number of nitrogens with one attached hydrogen (secondary N) is 2. The Morgan fingerprint density at radius 2 is 2.06 bits per heavy atom. The Bertz CT molecular complexity index is 466. The topological polar surface area (TPSA) is 101 Å². The van der Waals surface area contributed by atoms with Crippen molar-refractivity contribution in [1.29, 1.82) is 0 Å². The van der Waals surface area contributed by atoms with Gasteiger partial charge < -0.3 is 16.0 Å². The second-order valence-electron chi connectivity index (χ2n) is 4.15. The normalized spacial score (nSPS) is 20.8. The van der Waals surface area contributed by atoms with Crippen LogP contribution in [-0.4, -0.2) is 35.9 Å². The molecule has 1 aliphatic heterocycles. The maximum absolute atomic E-state index is 11.2. The first-order valence-electron chi connectivity index (χ1n) is 5.25. The van der Waals surface area contributed by atoms with Gasteiger partial charge >= 0.3 is 0 Å². The number of aryl methyl sites for hydroxylation is 1. The lowest BCUT2D eigenvalue weighted by molar-refractivity contribution is 0.559. The molecule has 1 aliphatic rings. The van der Waals surface area contributed by atoms with Gasteiger partial charge in [0.15, 0.2) is 5.82 Å². The molecule has 2 rings (SSSR count). The summed E-state index contributed by atoms with van der Waals surface area (Å²) in [4.78, 5) is 7.10. The molecular formula is C9H16N4O2S. The zero-order chi connectivity index (χ0) is 11.8. The summed E-state index contributed by atoms with van der Waals surface area (Å²) in [7, 11) is -2.81. The fraction of sp³-hybridized carbons (Fsp3) is 0.667. The zero-order valence-electron chi connectivity index (χ0n) is 9.16. The Labute approximate surface area is 94.6 Å². The van der Waals surface area contributed by atoms with Crippen LogP contribution in [0.3, 0.4) is 0 Å². The third-order valence-corrected chi connectivity index (χ3v) is 4.46. The summed E-state index contributed by atoms with van der Waals surface area (Å²) in [6, 6.07) is 0.147. The van der Waals surface area contributed by atoms with Crippen LogP contribution in [0, 0.1) is 6.92 Å². The predicted molar refractivity (Wildman–Crippen MR) is 63.0 cm³/mol. The summed E-state index contributed by atoms with van der Waals surface area (Å²) >= 11 is 0. The van der Waals surface area contributed by atoms with Crippen LogP contribution in [-0.2, 0) is 9.84 Å². The van der Waals surface area contributed by atoms with E-state index in [4.69, 9.17) is 5.73 Å². The van der Waals surface area contributed by atoms with E-state index >= 15 is 0 Å². The maximum atomic E-state index is 11.2. The highest BCUT2D eigenvalue weighted by Gasteiger charge is 2.24. The van der Waals surface area contributed by atoms with E-state index in [-0.39, 0.29) is 17.5 Å². The van der Waals surface area contributed by atoms with E-state index in [2.05, 4.69) is 15.3 Å². The van der Waals surface area contributed by atoms with Crippen molar-refractivity contribution in [1.82, 2.24) is 9.97 Å². The number of hydrogen-bond donors (Lipinski definition) is 3. The number of H-pyrrole nitrogens is 1. The highest BCUT2D eigenvalue weighted by Crippen LogP contribution is 2.20. The van der Waals surface area contributed by atoms with Gasteiger partial charge in [0.2, 0.25) is 0 Å². The highest BCUT2D eigenvalue weighted by atomic mass is 32.2. The quantitative estimate of drug-likeness (QED) is 0.694. The van der Waals surface area contributed by atoms with E-state index in [0.29, 0.717) is 24.5 Å². The molecule has 7 heteroatoms. The minimum Gasteiger partial charge on any atom is -0.382 e. The molecule has 1 aromatic rings. The Kier molecular flexibility index (Phi) is 2.79. The van der Waals surface area contributed by atoms with Gasteiger partial charge in [0.25, 0.3) is 0 Å². The number of nitrogen functional groups attached to an aromatic ring is 1. The predicted octanol–water partition coefficient (Wildman–Crippen LogP) is 0.289. The number of aromatic amines is 1. The second kappa shape index (κ2) is 3.97. The van der Waals surface area contributed by atoms with Gasteiger partial charge in [-0.05, 0) is 19.8 Å². The van der Waals surface area contributed by atoms with Crippen LogP contribution in [0.4, 0.5) is 11.6 Å². The molecular weight excluding hydrogens is 228 g/mol. The fourth-order valence-electron chi connectivity index (χ4n) is 1.85. The molecule has 1 fully saturated rings. The first kappa shape index (κ1) is 11.3. The average Bonchev–Trinajstić information content (AvgIpc) is 2.49. The van der Waals surface area contributed by atoms with Crippen molar-refractivity contribution < 1.29 is 8.42 Å². The lowest BCUT2D eigenvalue weighted by Gasteiger charge is -2.23. The molecule has 0 amide bonds. The van der Waals surface area contributed by atoms with Gasteiger partial charge in [-0.2, -0.15) is 0 Å². The number of hydrogen-bond acceptors (Lipinski definition) is 5. The van der Waals surface area contributed by atoms with Gasteiger partial charge in [-0.3, -0.25) is 0 Å². The number of sulfone groups is 1. The van der Waals surface area contributed by atoms with Crippen LogP contribution in [0.5, 0.6) is 0 Å². The van der Waals surface area contributed by atoms with Crippen LogP contribution in [0.15, 0.2) is 0 Å². The lowest BCUT2D eigenvalue weighted by atomic mass is 10.1. The summed E-state index contributed by atoms with van der Waals surface area (Å²) in [6.45, 7) is 1.83. The van der Waals surface area contributed by atoms with Crippen LogP contribution >= 0.6 is 0 Å². The number of imidazole rings is 1. The molecule has 1 saturated heterocycles. The summed E-state index contributed by atoms with van der Waals surface area (Å²) in [6.07, 6.45) is 1.24. The third kappa shape index (κ3) is 2.46. The summed E-state index contributed by atoms with van der Waals surface area (Å²) in [5, 5.41) is 3.18. The van der Waals surface area contributed by atoms with Crippen molar-refractivity contribution in [3.8, 4) is 0 Å². The van der Waals surface area contributed by atoms with Crippen molar-refractivity contribution in [2.75, 3.05) is 22.6 Å². The highest BCUT2D eigenvalue weighted by molar-refractivity contribution is 7.91. The number of nitrogens with two attached hydrogens (primary N) is 1. The molecule has 16 heavy (non-hydrogen) atoms. The van der Waals surface area contributed by atoms with Gasteiger partial charge in [0, 0.05) is 6.04 Å². The van der Waals surface area contributed by atoms with Crippen molar-refractivity contribution in [2.24, 2.45) is 0 Å². The Morgan fingerprint density at radius 1 is 1.44 bits per heavy atom. The summed E-state index contributed by atoms with van der Waals surface area (Å²) < 4.78 is 22.5. The number of aromatic nitrogens is 2. The zero-order valence-corrected chi connectivity index (χ0v) is 9.97. The van der Waals surface area contributed by atoms with Crippen molar-refractivity contribution >= 4 is 21.5 Å². The molecule has 1 aromatic heterocycles. The molecule has 0 aromatic carbocycles. The van der Waals surface area contributed by atoms with Crippen molar-refractivity contribution in [3.05, 3.63) is 5.82 Å². The van der Waals surface area contributed by atoms with E-state index in [1.165, 1.54) is 0 Å². The van der Waals surface area contributed by atoms with Gasteiger partial charge in [0.1, 0.15) is 21.5 Å². The SMILES string of the molecule is Cc1nc(NC2CCS(=O)(=O)CC2)c(N)[nH]1. The summed E-state index contributed by atoms with van der Waals surface area (Å²) in [5.41, 5.74) is 5.71. The molecule has 4 N–H and O–H groups in total. The summed E-state index contributed by atoms with van der Waals surface area (Å²) in [5.74, 6) is 2.37. The minimum absolute atomic E-state index is 0.147. The lowest BCUT2D eigenvalue weighted by Crippen LogP contribution is -2.32. The van der Waals surface area contributed by atoms with Crippen LogP contribution in [0.25, 0.3) is 0 Å². The Balaban J connectivity index is 1.99. The van der Waals surface area contributed by atoms with Crippen molar-refractivity contribution in [3.63, 3.8) is 0 Å². The van der Waals surface area contributed by atoms with E-state index in [9.17, 15) is 8.42 Å². The molecule has 90 valence electrons. The minimum atomic E-state index is -2.81. The smallest absolute Gasteiger partial charge is 0.168 e. The van der Waals surface area contributed by atoms with E-state index < -0.39 is 9.84 Å². The molecule has 0 radical (unpaired) electrons. The van der Waals surface area contributed by atoms with Gasteiger partial charge in [-0.15, -0.1) is 0 Å². The molecule has 0 aliphatic carbocycles. The van der Waals surface area contributed by atoms with Crippen molar-refractivity contribution in [2.45, 2.75) is 25.8 Å². The van der Waals surface area contributed by atoms with Crippen LogP contribution in [0.2, 0.25) is 0 Å². The standard InChI is InChI=1S/C9H16N4O2S/c1-6-11-8(10)9(12-6)13-7-2-4-16(14,15)5-3-7/h7,13H,2-5,10H2,1H3,(H,11,12). The molecule has 0 spiro atoms. The van der Waals surface area contributed by atoms with Gasteiger partial charge in [0.05, 0.1) is 11.5 Å². The molecule has 2 heterocycles. The van der Waals surface area contributed by atoms with E-state index in [0.717, 1.165) is 5.82 Å². The largest absolute Gasteiger partial charge is 0.382 e. The van der Waals surface area contributed by atoms with E-state index in [1.54, 1.807) is 0 Å². The van der Waals surface area contributed by atoms with Gasteiger partial charge in [-0.1, -0.05) is 0 Å². The first-order valence-corrected chi connectivity index (χ1v) is 7.07. The number of nitrogens with zero attached hydrogens (tertiary/aromatic N) is 1. The Morgan fingerprint density at radius 3 is 2.56 bits per heavy atom. The molecule has 6 nitrogen and oxygen atoms in total. The Hall–Kier alpha value is -1.24. The van der Waals surface area contributed by atoms with Crippen LogP contribution in [0.1, 0.15) is 18.7 Å². The molecule has 0 bridgehead atoms. The fourth-order valence-corrected chi connectivity index (χ4v) is 3.34. The van der Waals surface area contributed by atoms with Crippen LogP contribution < -0.4 is 11.1 Å². The first-order chi connectivity index (χ1) is 7.46. The molecule has 0 unspecified atom stereocenters. The number of rotatable bonds is 2. The van der Waals surface area contributed by atoms with E-state index in [1.807, 2.05) is 6.92 Å². The monoisotopic (exact) mass is 244 g/mol. The molecule has 0 atom stereocenters. The molecule has 0 saturated carbocycles. The second-order valence-corrected chi connectivity index (χ2v) is 6.46. The number of anilines is 2. The maximum Gasteiger partial charge on any atom is 0.168 e. The third-order valence-electron chi connectivity index (χ3n) is 2.75. The van der Waals surface area contributed by atoms with Gasteiger partial charge in [-0.25, -0.2) is 13.4 Å². The average molecular weight is 244 g/mol.